The lowest BCUT2D eigenvalue weighted by Gasteiger charge is -2.32. The number of benzene rings is 1. The number of sulfonamides is 1. The second-order valence-corrected chi connectivity index (χ2v) is 10.3. The lowest BCUT2D eigenvalue weighted by Crippen LogP contribution is -2.43. The predicted octanol–water partition coefficient (Wildman–Crippen LogP) is 2.24. The van der Waals surface area contributed by atoms with Crippen molar-refractivity contribution in [3.63, 3.8) is 0 Å². The molecule has 36 heavy (non-hydrogen) atoms. The predicted molar refractivity (Wildman–Crippen MR) is 124 cm³/mol. The molecule has 0 saturated carbocycles. The first kappa shape index (κ1) is 24.7. The molecule has 0 radical (unpaired) electrons. The maximum Gasteiger partial charge on any atom is 0.418 e. The van der Waals surface area contributed by atoms with Crippen LogP contribution >= 0.6 is 0 Å². The van der Waals surface area contributed by atoms with Gasteiger partial charge in [-0.3, -0.25) is 0 Å². The summed E-state index contributed by atoms with van der Waals surface area (Å²) in [6, 6.07) is 2.88. The molecule has 1 aromatic carbocycles. The van der Waals surface area contributed by atoms with Gasteiger partial charge in [0.25, 0.3) is 0 Å². The number of aromatic nitrogens is 1. The van der Waals surface area contributed by atoms with Crippen LogP contribution in [0, 0.1) is 0 Å². The van der Waals surface area contributed by atoms with Crippen molar-refractivity contribution in [1.82, 2.24) is 9.29 Å². The number of hydrogen-bond acceptors (Lipinski definition) is 9. The maximum atomic E-state index is 13.5. The molecule has 196 valence electrons. The van der Waals surface area contributed by atoms with Gasteiger partial charge >= 0.3 is 6.18 Å². The number of nitrogens with zero attached hydrogens (tertiary/aromatic N) is 2. The van der Waals surface area contributed by atoms with Gasteiger partial charge in [-0.15, -0.1) is 0 Å². The number of halogens is 3. The largest absolute Gasteiger partial charge is 0.485 e. The van der Waals surface area contributed by atoms with Crippen LogP contribution in [0.2, 0.25) is 0 Å². The van der Waals surface area contributed by atoms with Gasteiger partial charge in [-0.25, -0.2) is 13.4 Å². The van der Waals surface area contributed by atoms with Crippen LogP contribution in [0.3, 0.4) is 0 Å². The third-order valence-electron chi connectivity index (χ3n) is 6.21. The van der Waals surface area contributed by atoms with E-state index < -0.39 is 27.4 Å². The van der Waals surface area contributed by atoms with Gasteiger partial charge in [0.1, 0.15) is 29.6 Å². The van der Waals surface area contributed by atoms with Gasteiger partial charge in [-0.1, -0.05) is 6.92 Å². The smallest absolute Gasteiger partial charge is 0.418 e. The second kappa shape index (κ2) is 8.83. The van der Waals surface area contributed by atoms with Crippen molar-refractivity contribution in [1.29, 1.82) is 0 Å². The molecule has 1 fully saturated rings. The van der Waals surface area contributed by atoms with Gasteiger partial charge in [-0.2, -0.15) is 17.5 Å². The number of H-pyrrole nitrogens is 1. The van der Waals surface area contributed by atoms with Crippen molar-refractivity contribution in [2.75, 3.05) is 50.2 Å². The number of morpholine rings is 1. The Kier molecular flexibility index (Phi) is 6.05. The number of hydrogen-bond donors (Lipinski definition) is 4. The molecule has 1 aromatic heterocycles. The van der Waals surface area contributed by atoms with Crippen LogP contribution in [0.5, 0.6) is 11.5 Å². The standard InChI is InChI=1S/C21H25F3N6O5S/c1-2-20(25)15-12(21(22,23)24)11-26-18(15)28-19(29-20)27-13-3-4-14(17-16(13)34-9-10-35-17)36(31,32)30-5-7-33-8-6-30/h3-4,11,26H,2,5-10,25H2,1H3,(H2,27,28,29). The summed E-state index contributed by atoms with van der Waals surface area (Å²) < 4.78 is 85.2. The normalized spacial score (nSPS) is 22.4. The molecular weight excluding hydrogens is 505 g/mol. The first-order valence-electron chi connectivity index (χ1n) is 11.3. The highest BCUT2D eigenvalue weighted by Gasteiger charge is 2.45. The Bertz CT molecular complexity index is 1310. The topological polar surface area (TPSA) is 143 Å². The van der Waals surface area contributed by atoms with E-state index in [1.54, 1.807) is 6.92 Å². The number of nitrogens with two attached hydrogens (primary N) is 1. The Morgan fingerprint density at radius 1 is 1.17 bits per heavy atom. The average molecular weight is 531 g/mol. The monoisotopic (exact) mass is 530 g/mol. The average Bonchev–Trinajstić information content (AvgIpc) is 3.30. The van der Waals surface area contributed by atoms with E-state index in [-0.39, 0.29) is 66.5 Å². The van der Waals surface area contributed by atoms with E-state index in [2.05, 4.69) is 20.6 Å². The lowest BCUT2D eigenvalue weighted by molar-refractivity contribution is -0.138. The number of guanidine groups is 1. The summed E-state index contributed by atoms with van der Waals surface area (Å²) in [6.07, 6.45) is -3.68. The molecule has 1 saturated heterocycles. The van der Waals surface area contributed by atoms with Crippen LogP contribution in [0.4, 0.5) is 24.7 Å². The minimum Gasteiger partial charge on any atom is -0.485 e. The van der Waals surface area contributed by atoms with Crippen LogP contribution in [-0.4, -0.2) is 63.2 Å². The van der Waals surface area contributed by atoms with Crippen molar-refractivity contribution >= 4 is 27.5 Å². The highest BCUT2D eigenvalue weighted by Crippen LogP contribution is 2.46. The molecule has 0 aliphatic carbocycles. The van der Waals surface area contributed by atoms with Crippen molar-refractivity contribution in [2.24, 2.45) is 10.7 Å². The zero-order chi connectivity index (χ0) is 25.7. The molecule has 5 N–H and O–H groups in total. The Morgan fingerprint density at radius 2 is 1.86 bits per heavy atom. The van der Waals surface area contributed by atoms with E-state index in [9.17, 15) is 21.6 Å². The number of fused-ring (bicyclic) bond motifs is 2. The zero-order valence-corrected chi connectivity index (χ0v) is 20.1. The number of nitrogens with one attached hydrogen (secondary N) is 3. The van der Waals surface area contributed by atoms with Crippen LogP contribution in [0.15, 0.2) is 28.2 Å². The van der Waals surface area contributed by atoms with Crippen molar-refractivity contribution < 1.29 is 35.8 Å². The van der Waals surface area contributed by atoms with E-state index in [4.69, 9.17) is 19.9 Å². The quantitative estimate of drug-likeness (QED) is 0.471. The van der Waals surface area contributed by atoms with E-state index in [1.807, 2.05) is 0 Å². The lowest BCUT2D eigenvalue weighted by atomic mass is 9.94. The van der Waals surface area contributed by atoms with E-state index in [0.29, 0.717) is 18.9 Å². The molecule has 11 nitrogen and oxygen atoms in total. The Labute approximate surface area is 204 Å². The van der Waals surface area contributed by atoms with E-state index in [0.717, 1.165) is 6.20 Å². The van der Waals surface area contributed by atoms with Gasteiger partial charge in [0, 0.05) is 24.8 Å². The molecule has 4 heterocycles. The molecule has 3 aliphatic rings. The van der Waals surface area contributed by atoms with Crippen LogP contribution < -0.4 is 25.8 Å². The number of anilines is 2. The summed E-state index contributed by atoms with van der Waals surface area (Å²) in [5.41, 5.74) is 3.88. The number of ether oxygens (including phenoxy) is 3. The fraction of sp³-hybridized carbons (Fsp3) is 0.476. The first-order valence-corrected chi connectivity index (χ1v) is 12.7. The highest BCUT2D eigenvalue weighted by atomic mass is 32.2. The van der Waals surface area contributed by atoms with Crippen molar-refractivity contribution in [2.45, 2.75) is 30.1 Å². The molecule has 0 bridgehead atoms. The summed E-state index contributed by atoms with van der Waals surface area (Å²) in [4.78, 5) is 6.86. The summed E-state index contributed by atoms with van der Waals surface area (Å²) in [5.74, 6) is 0.306. The molecule has 1 unspecified atom stereocenters. The molecule has 15 heteroatoms. The third-order valence-corrected chi connectivity index (χ3v) is 8.13. The fourth-order valence-electron chi connectivity index (χ4n) is 4.38. The number of alkyl halides is 3. The summed E-state index contributed by atoms with van der Waals surface area (Å²) in [7, 11) is -3.88. The minimum atomic E-state index is -4.61. The Hall–Kier alpha value is -3.01. The van der Waals surface area contributed by atoms with Crippen molar-refractivity contribution in [3.8, 4) is 11.5 Å². The van der Waals surface area contributed by atoms with E-state index in [1.165, 1.54) is 16.4 Å². The van der Waals surface area contributed by atoms with Gasteiger partial charge < -0.3 is 35.6 Å². The minimum absolute atomic E-state index is 0.0450. The summed E-state index contributed by atoms with van der Waals surface area (Å²) in [5, 5.41) is 5.77. The molecule has 5 rings (SSSR count). The van der Waals surface area contributed by atoms with E-state index >= 15 is 0 Å². The third kappa shape index (κ3) is 4.15. The van der Waals surface area contributed by atoms with Crippen LogP contribution in [0.1, 0.15) is 24.5 Å². The number of aliphatic imine (C=N–C) groups is 1. The summed E-state index contributed by atoms with van der Waals surface area (Å²) >= 11 is 0. The van der Waals surface area contributed by atoms with Crippen LogP contribution in [0.25, 0.3) is 0 Å². The Morgan fingerprint density at radius 3 is 2.53 bits per heavy atom. The van der Waals surface area contributed by atoms with Gasteiger partial charge in [0.05, 0.1) is 24.5 Å². The number of aromatic amines is 1. The molecule has 0 amide bonds. The van der Waals surface area contributed by atoms with Gasteiger partial charge in [-0.05, 0) is 18.6 Å². The SMILES string of the molecule is CCC1(N)N=C(Nc2ccc(S(=O)(=O)N3CCOCC3)c3c2OCCO3)Nc2[nH]cc(C(F)(F)F)c21. The highest BCUT2D eigenvalue weighted by molar-refractivity contribution is 7.89. The second-order valence-electron chi connectivity index (χ2n) is 8.42. The Balaban J connectivity index is 1.50. The van der Waals surface area contributed by atoms with Gasteiger partial charge in [0.2, 0.25) is 16.0 Å². The van der Waals surface area contributed by atoms with Gasteiger partial charge in [0.15, 0.2) is 11.5 Å². The summed E-state index contributed by atoms with van der Waals surface area (Å²) in [6.45, 7) is 2.97. The first-order chi connectivity index (χ1) is 17.0. The molecule has 0 spiro atoms. The number of rotatable bonds is 4. The van der Waals surface area contributed by atoms with Crippen molar-refractivity contribution in [3.05, 3.63) is 29.5 Å². The molecule has 3 aliphatic heterocycles. The van der Waals surface area contributed by atoms with Crippen LogP contribution in [-0.2, 0) is 26.6 Å². The maximum absolute atomic E-state index is 13.5. The molecule has 1 atom stereocenters. The molecular formula is C21H25F3N6O5S. The molecule has 2 aromatic rings. The fourth-order valence-corrected chi connectivity index (χ4v) is 5.91. The zero-order valence-electron chi connectivity index (χ0n) is 19.2.